The van der Waals surface area contributed by atoms with E-state index in [0.29, 0.717) is 17.1 Å². The van der Waals surface area contributed by atoms with E-state index in [4.69, 9.17) is 4.74 Å². The van der Waals surface area contributed by atoms with Crippen molar-refractivity contribution in [1.29, 1.82) is 0 Å². The van der Waals surface area contributed by atoms with Crippen LogP contribution in [-0.2, 0) is 4.79 Å². The third kappa shape index (κ3) is 3.95. The van der Waals surface area contributed by atoms with Gasteiger partial charge in [-0.25, -0.2) is 0 Å². The molecule has 2 aromatic carbocycles. The van der Waals surface area contributed by atoms with E-state index in [0.717, 1.165) is 0 Å². The van der Waals surface area contributed by atoms with E-state index < -0.39 is 4.92 Å². The molecule has 0 radical (unpaired) electrons. The number of non-ortho nitro benzene ring substituents is 1. The fourth-order valence-corrected chi connectivity index (χ4v) is 1.85. The molecular formula is C15H15N3O4. The van der Waals surface area contributed by atoms with Crippen LogP contribution in [-0.4, -0.2) is 24.5 Å². The van der Waals surface area contributed by atoms with Gasteiger partial charge in [0.15, 0.2) is 0 Å². The van der Waals surface area contributed by atoms with Crippen LogP contribution in [0.3, 0.4) is 0 Å². The first-order valence-electron chi connectivity index (χ1n) is 6.51. The fraction of sp³-hybridized carbons (Fsp3) is 0.133. The molecule has 0 bridgehead atoms. The van der Waals surface area contributed by atoms with Crippen molar-refractivity contribution in [3.05, 3.63) is 58.6 Å². The first-order valence-corrected chi connectivity index (χ1v) is 6.51. The number of carbonyl (C=O) groups is 1. The molecule has 22 heavy (non-hydrogen) atoms. The highest BCUT2D eigenvalue weighted by atomic mass is 16.6. The summed E-state index contributed by atoms with van der Waals surface area (Å²) in [7, 11) is 1.45. The molecule has 2 rings (SSSR count). The fourth-order valence-electron chi connectivity index (χ4n) is 1.85. The highest BCUT2D eigenvalue weighted by Gasteiger charge is 2.12. The number of nitrogens with one attached hydrogen (secondary N) is 2. The van der Waals surface area contributed by atoms with Crippen molar-refractivity contribution < 1.29 is 14.5 Å². The summed E-state index contributed by atoms with van der Waals surface area (Å²) in [6.07, 6.45) is 0. The number of nitro groups is 1. The highest BCUT2D eigenvalue weighted by molar-refractivity contribution is 5.93. The normalized spacial score (nSPS) is 9.86. The molecule has 0 heterocycles. The van der Waals surface area contributed by atoms with Gasteiger partial charge in [-0.2, -0.15) is 0 Å². The molecule has 7 heteroatoms. The Morgan fingerprint density at radius 3 is 2.59 bits per heavy atom. The monoisotopic (exact) mass is 301 g/mol. The number of hydrogen-bond donors (Lipinski definition) is 2. The number of benzene rings is 2. The van der Waals surface area contributed by atoms with Gasteiger partial charge >= 0.3 is 0 Å². The Labute approximate surface area is 127 Å². The molecular weight excluding hydrogens is 286 g/mol. The number of anilines is 2. The van der Waals surface area contributed by atoms with Gasteiger partial charge in [0.1, 0.15) is 5.75 Å². The molecule has 0 aliphatic heterocycles. The lowest BCUT2D eigenvalue weighted by Crippen LogP contribution is -2.21. The summed E-state index contributed by atoms with van der Waals surface area (Å²) in [6, 6.07) is 13.2. The Balaban J connectivity index is 2.02. The van der Waals surface area contributed by atoms with Crippen LogP contribution < -0.4 is 15.4 Å². The number of methoxy groups -OCH3 is 1. The molecule has 0 saturated carbocycles. The lowest BCUT2D eigenvalue weighted by Gasteiger charge is -2.11. The number of nitro benzene ring substituents is 1. The van der Waals surface area contributed by atoms with Crippen molar-refractivity contribution in [2.45, 2.75) is 0 Å². The average Bonchev–Trinajstić information content (AvgIpc) is 2.53. The molecule has 0 aromatic heterocycles. The number of para-hydroxylation sites is 1. The van der Waals surface area contributed by atoms with Crippen LogP contribution in [0.5, 0.6) is 5.75 Å². The maximum Gasteiger partial charge on any atom is 0.271 e. The van der Waals surface area contributed by atoms with Crippen molar-refractivity contribution in [3.63, 3.8) is 0 Å². The summed E-state index contributed by atoms with van der Waals surface area (Å²) in [5, 5.41) is 16.3. The largest absolute Gasteiger partial charge is 0.495 e. The summed E-state index contributed by atoms with van der Waals surface area (Å²) in [5.74, 6) is 0.165. The standard InChI is InChI=1S/C15H15N3O4/c1-22-14-8-7-12(18(20)21)9-13(14)16-10-15(19)17-11-5-3-2-4-6-11/h2-9,16H,10H2,1H3,(H,17,19). The van der Waals surface area contributed by atoms with Gasteiger partial charge in [0.2, 0.25) is 5.91 Å². The van der Waals surface area contributed by atoms with Crippen molar-refractivity contribution in [1.82, 2.24) is 0 Å². The van der Waals surface area contributed by atoms with Crippen LogP contribution in [0.1, 0.15) is 0 Å². The van der Waals surface area contributed by atoms with Gasteiger partial charge in [0, 0.05) is 17.8 Å². The van der Waals surface area contributed by atoms with E-state index in [1.807, 2.05) is 18.2 Å². The van der Waals surface area contributed by atoms with Gasteiger partial charge in [-0.1, -0.05) is 18.2 Å². The average molecular weight is 301 g/mol. The molecule has 2 N–H and O–H groups in total. The zero-order valence-corrected chi connectivity index (χ0v) is 11.9. The van der Waals surface area contributed by atoms with Gasteiger partial charge in [-0.3, -0.25) is 14.9 Å². The predicted molar refractivity (Wildman–Crippen MR) is 83.2 cm³/mol. The summed E-state index contributed by atoms with van der Waals surface area (Å²) in [4.78, 5) is 22.1. The molecule has 0 atom stereocenters. The Morgan fingerprint density at radius 2 is 1.95 bits per heavy atom. The summed E-state index contributed by atoms with van der Waals surface area (Å²) >= 11 is 0. The molecule has 7 nitrogen and oxygen atoms in total. The second kappa shape index (κ2) is 7.07. The van der Waals surface area contributed by atoms with E-state index >= 15 is 0 Å². The SMILES string of the molecule is COc1ccc([N+](=O)[O-])cc1NCC(=O)Nc1ccccc1. The molecule has 0 aliphatic rings. The topological polar surface area (TPSA) is 93.5 Å². The van der Waals surface area contributed by atoms with E-state index in [-0.39, 0.29) is 18.1 Å². The molecule has 0 unspecified atom stereocenters. The number of ether oxygens (including phenoxy) is 1. The van der Waals surface area contributed by atoms with Crippen molar-refractivity contribution >= 4 is 23.0 Å². The summed E-state index contributed by atoms with van der Waals surface area (Å²) in [5.41, 5.74) is 0.993. The van der Waals surface area contributed by atoms with E-state index in [1.54, 1.807) is 12.1 Å². The Kier molecular flexibility index (Phi) is 4.92. The Bertz CT molecular complexity index is 674. The number of rotatable bonds is 6. The third-order valence-electron chi connectivity index (χ3n) is 2.89. The molecule has 0 saturated heterocycles. The second-order valence-corrected chi connectivity index (χ2v) is 4.41. The number of nitrogens with zero attached hydrogens (tertiary/aromatic N) is 1. The predicted octanol–water partition coefficient (Wildman–Crippen LogP) is 2.65. The molecule has 0 aliphatic carbocycles. The quantitative estimate of drug-likeness (QED) is 0.632. The number of carbonyl (C=O) groups excluding carboxylic acids is 1. The zero-order valence-electron chi connectivity index (χ0n) is 11.9. The third-order valence-corrected chi connectivity index (χ3v) is 2.89. The van der Waals surface area contributed by atoms with E-state index in [1.165, 1.54) is 25.3 Å². The maximum absolute atomic E-state index is 11.9. The zero-order chi connectivity index (χ0) is 15.9. The van der Waals surface area contributed by atoms with Crippen molar-refractivity contribution in [3.8, 4) is 5.75 Å². The van der Waals surface area contributed by atoms with Gasteiger partial charge in [-0.15, -0.1) is 0 Å². The van der Waals surface area contributed by atoms with E-state index in [9.17, 15) is 14.9 Å². The van der Waals surface area contributed by atoms with Crippen LogP contribution in [0.25, 0.3) is 0 Å². The van der Waals surface area contributed by atoms with Crippen LogP contribution in [0, 0.1) is 10.1 Å². The highest BCUT2D eigenvalue weighted by Crippen LogP contribution is 2.28. The van der Waals surface area contributed by atoms with Crippen LogP contribution in [0.4, 0.5) is 17.1 Å². The Morgan fingerprint density at radius 1 is 1.23 bits per heavy atom. The first-order chi connectivity index (χ1) is 10.6. The van der Waals surface area contributed by atoms with E-state index in [2.05, 4.69) is 10.6 Å². The second-order valence-electron chi connectivity index (χ2n) is 4.41. The van der Waals surface area contributed by atoms with Gasteiger partial charge < -0.3 is 15.4 Å². The molecule has 0 fully saturated rings. The lowest BCUT2D eigenvalue weighted by atomic mass is 10.2. The first kappa shape index (κ1) is 15.3. The molecule has 0 spiro atoms. The van der Waals surface area contributed by atoms with Crippen LogP contribution in [0.2, 0.25) is 0 Å². The maximum atomic E-state index is 11.9. The number of hydrogen-bond acceptors (Lipinski definition) is 5. The molecule has 1 amide bonds. The minimum absolute atomic E-state index is 0.0353. The number of amides is 1. The molecule has 114 valence electrons. The van der Waals surface area contributed by atoms with Gasteiger partial charge in [-0.05, 0) is 18.2 Å². The smallest absolute Gasteiger partial charge is 0.271 e. The minimum atomic E-state index is -0.505. The summed E-state index contributed by atoms with van der Waals surface area (Å²) in [6.45, 7) is -0.0353. The minimum Gasteiger partial charge on any atom is -0.495 e. The van der Waals surface area contributed by atoms with Gasteiger partial charge in [0.05, 0.1) is 24.3 Å². The molecule has 2 aromatic rings. The van der Waals surface area contributed by atoms with Crippen LogP contribution >= 0.6 is 0 Å². The lowest BCUT2D eigenvalue weighted by molar-refractivity contribution is -0.384. The summed E-state index contributed by atoms with van der Waals surface area (Å²) < 4.78 is 5.11. The van der Waals surface area contributed by atoms with Gasteiger partial charge in [0.25, 0.3) is 5.69 Å². The Hall–Kier alpha value is -3.09. The van der Waals surface area contributed by atoms with Crippen molar-refractivity contribution in [2.24, 2.45) is 0 Å². The van der Waals surface area contributed by atoms with Crippen molar-refractivity contribution in [2.75, 3.05) is 24.3 Å². The van der Waals surface area contributed by atoms with Crippen LogP contribution in [0.15, 0.2) is 48.5 Å².